The third-order valence-corrected chi connectivity index (χ3v) is 4.71. The van der Waals surface area contributed by atoms with Crippen LogP contribution >= 0.6 is 0 Å². The van der Waals surface area contributed by atoms with E-state index in [2.05, 4.69) is 46.0 Å². The van der Waals surface area contributed by atoms with Gasteiger partial charge in [-0.25, -0.2) is 0 Å². The lowest BCUT2D eigenvalue weighted by molar-refractivity contribution is -0.116. The van der Waals surface area contributed by atoms with E-state index in [0.29, 0.717) is 12.2 Å². The number of amides is 1. The molecule has 0 aliphatic rings. The number of phenols is 1. The van der Waals surface area contributed by atoms with Crippen LogP contribution < -0.4 is 5.32 Å². The van der Waals surface area contributed by atoms with E-state index in [4.69, 9.17) is 0 Å². The van der Waals surface area contributed by atoms with E-state index in [1.807, 2.05) is 25.1 Å². The fourth-order valence-electron chi connectivity index (χ4n) is 3.29. The van der Waals surface area contributed by atoms with Crippen LogP contribution in [0.25, 0.3) is 0 Å². The highest BCUT2D eigenvalue weighted by Crippen LogP contribution is 2.32. The summed E-state index contributed by atoms with van der Waals surface area (Å²) < 4.78 is 0. The normalized spacial score (nSPS) is 11.5. The Morgan fingerprint density at radius 2 is 1.69 bits per heavy atom. The van der Waals surface area contributed by atoms with Gasteiger partial charge in [0.1, 0.15) is 5.75 Å². The van der Waals surface area contributed by atoms with Gasteiger partial charge >= 0.3 is 0 Å². The predicted molar refractivity (Wildman–Crippen MR) is 109 cm³/mol. The van der Waals surface area contributed by atoms with Crippen molar-refractivity contribution >= 4 is 11.6 Å². The second-order valence-corrected chi connectivity index (χ2v) is 8.17. The van der Waals surface area contributed by atoms with Gasteiger partial charge in [-0.3, -0.25) is 4.79 Å². The van der Waals surface area contributed by atoms with Crippen molar-refractivity contribution in [1.82, 2.24) is 0 Å². The Morgan fingerprint density at radius 1 is 1.08 bits per heavy atom. The minimum absolute atomic E-state index is 0.0624. The number of aryl methyl sites for hydroxylation is 2. The number of benzene rings is 2. The van der Waals surface area contributed by atoms with Gasteiger partial charge < -0.3 is 10.4 Å². The number of anilines is 1. The molecule has 0 bridgehead atoms. The molecule has 0 aromatic heterocycles. The summed E-state index contributed by atoms with van der Waals surface area (Å²) in [5.41, 5.74) is 6.52. The maximum Gasteiger partial charge on any atom is 0.224 e. The molecule has 1 amide bonds. The Bertz CT molecular complexity index is 777. The van der Waals surface area contributed by atoms with Crippen molar-refractivity contribution < 1.29 is 9.90 Å². The number of carbonyl (C=O) groups is 1. The predicted octanol–water partition coefficient (Wildman–Crippen LogP) is 5.64. The van der Waals surface area contributed by atoms with Crippen molar-refractivity contribution in [2.45, 2.75) is 66.2 Å². The second-order valence-electron chi connectivity index (χ2n) is 8.17. The van der Waals surface area contributed by atoms with Crippen LogP contribution in [-0.2, 0) is 16.6 Å². The summed E-state index contributed by atoms with van der Waals surface area (Å²) in [5, 5.41) is 13.1. The summed E-state index contributed by atoms with van der Waals surface area (Å²) in [7, 11) is 0. The van der Waals surface area contributed by atoms with Gasteiger partial charge in [0, 0.05) is 12.1 Å². The molecular weight excluding hydrogens is 322 g/mol. The Kier molecular flexibility index (Phi) is 6.12. The molecule has 2 N–H and O–H groups in total. The highest BCUT2D eigenvalue weighted by atomic mass is 16.3. The fourth-order valence-corrected chi connectivity index (χ4v) is 3.29. The van der Waals surface area contributed by atoms with Crippen LogP contribution in [0.5, 0.6) is 5.75 Å². The second kappa shape index (κ2) is 7.94. The van der Waals surface area contributed by atoms with E-state index in [1.165, 1.54) is 22.3 Å². The molecule has 2 aromatic carbocycles. The Balaban J connectivity index is 2.29. The zero-order valence-corrected chi connectivity index (χ0v) is 16.9. The average molecular weight is 354 g/mol. The fraction of sp³-hybridized carbons (Fsp3) is 0.435. The van der Waals surface area contributed by atoms with Gasteiger partial charge in [0.05, 0.1) is 0 Å². The highest BCUT2D eigenvalue weighted by Gasteiger charge is 2.19. The first-order valence-corrected chi connectivity index (χ1v) is 9.34. The number of aromatic hydroxyl groups is 1. The van der Waals surface area contributed by atoms with Crippen molar-refractivity contribution in [2.75, 3.05) is 5.32 Å². The van der Waals surface area contributed by atoms with E-state index >= 15 is 0 Å². The molecule has 0 aliphatic heterocycles. The number of nitrogens with one attached hydrogen (secondary N) is 1. The monoisotopic (exact) mass is 353 g/mol. The minimum atomic E-state index is -0.0996. The molecule has 140 valence electrons. The number of carbonyl (C=O) groups excluding carboxylic acids is 1. The molecule has 2 aromatic rings. The zero-order valence-electron chi connectivity index (χ0n) is 16.9. The van der Waals surface area contributed by atoms with Gasteiger partial charge in [-0.2, -0.15) is 0 Å². The molecule has 0 heterocycles. The van der Waals surface area contributed by atoms with E-state index in [9.17, 15) is 9.90 Å². The van der Waals surface area contributed by atoms with Crippen molar-refractivity contribution in [1.29, 1.82) is 0 Å². The molecule has 26 heavy (non-hydrogen) atoms. The van der Waals surface area contributed by atoms with Crippen molar-refractivity contribution in [2.24, 2.45) is 0 Å². The topological polar surface area (TPSA) is 49.3 Å². The Labute approximate surface area is 157 Å². The summed E-state index contributed by atoms with van der Waals surface area (Å²) in [5.74, 6) is 0.413. The van der Waals surface area contributed by atoms with E-state index in [0.717, 1.165) is 24.1 Å². The lowest BCUT2D eigenvalue weighted by Gasteiger charge is -2.22. The summed E-state index contributed by atoms with van der Waals surface area (Å²) in [6.45, 7) is 12.5. The maximum absolute atomic E-state index is 11.8. The van der Waals surface area contributed by atoms with Crippen LogP contribution in [0.15, 0.2) is 30.3 Å². The van der Waals surface area contributed by atoms with Crippen LogP contribution in [-0.4, -0.2) is 11.0 Å². The quantitative estimate of drug-likeness (QED) is 0.731. The maximum atomic E-state index is 11.8. The van der Waals surface area contributed by atoms with Crippen molar-refractivity contribution in [3.05, 3.63) is 58.1 Å². The van der Waals surface area contributed by atoms with Crippen LogP contribution in [0.3, 0.4) is 0 Å². The molecular formula is C23H31NO2. The number of rotatable bonds is 5. The van der Waals surface area contributed by atoms with Crippen molar-refractivity contribution in [3.8, 4) is 5.75 Å². The molecule has 3 nitrogen and oxygen atoms in total. The third kappa shape index (κ3) is 4.87. The molecule has 0 fully saturated rings. The lowest BCUT2D eigenvalue weighted by Crippen LogP contribution is -2.12. The molecule has 0 radical (unpaired) electrons. The molecule has 0 saturated heterocycles. The summed E-state index contributed by atoms with van der Waals surface area (Å²) in [6, 6.07) is 9.97. The number of hydrogen-bond donors (Lipinski definition) is 2. The SMILES string of the molecule is CCCC(=O)Nc1cc(C)c(Cc2ccc(O)c(C(C)(C)C)c2)c(C)c1. The third-order valence-electron chi connectivity index (χ3n) is 4.71. The summed E-state index contributed by atoms with van der Waals surface area (Å²) >= 11 is 0. The largest absolute Gasteiger partial charge is 0.508 e. The smallest absolute Gasteiger partial charge is 0.224 e. The van der Waals surface area contributed by atoms with Gasteiger partial charge in [-0.05, 0) is 78.1 Å². The lowest BCUT2D eigenvalue weighted by atomic mass is 9.84. The Hall–Kier alpha value is -2.29. The molecule has 0 unspecified atom stereocenters. The van der Waals surface area contributed by atoms with Crippen LogP contribution in [0.2, 0.25) is 0 Å². The van der Waals surface area contributed by atoms with Gasteiger partial charge in [0.2, 0.25) is 5.91 Å². The number of phenolic OH excluding ortho intramolecular Hbond substituents is 1. The average Bonchev–Trinajstić information content (AvgIpc) is 2.51. The molecule has 2 rings (SSSR count). The first kappa shape index (κ1) is 20.0. The molecule has 0 aliphatic carbocycles. The van der Waals surface area contributed by atoms with Gasteiger partial charge in [0.25, 0.3) is 0 Å². The van der Waals surface area contributed by atoms with Gasteiger partial charge in [-0.15, -0.1) is 0 Å². The summed E-state index contributed by atoms with van der Waals surface area (Å²) in [4.78, 5) is 11.8. The summed E-state index contributed by atoms with van der Waals surface area (Å²) in [6.07, 6.45) is 2.20. The van der Waals surface area contributed by atoms with Gasteiger partial charge in [0.15, 0.2) is 0 Å². The van der Waals surface area contributed by atoms with Crippen LogP contribution in [0.4, 0.5) is 5.69 Å². The molecule has 0 saturated carbocycles. The van der Waals surface area contributed by atoms with Crippen LogP contribution in [0, 0.1) is 13.8 Å². The van der Waals surface area contributed by atoms with E-state index < -0.39 is 0 Å². The number of hydrogen-bond acceptors (Lipinski definition) is 2. The first-order chi connectivity index (χ1) is 12.1. The van der Waals surface area contributed by atoms with Crippen molar-refractivity contribution in [3.63, 3.8) is 0 Å². The minimum Gasteiger partial charge on any atom is -0.508 e. The Morgan fingerprint density at radius 3 is 2.23 bits per heavy atom. The van der Waals surface area contributed by atoms with Gasteiger partial charge in [-0.1, -0.05) is 39.8 Å². The van der Waals surface area contributed by atoms with E-state index in [1.54, 1.807) is 6.07 Å². The molecule has 0 spiro atoms. The first-order valence-electron chi connectivity index (χ1n) is 9.34. The standard InChI is InChI=1S/C23H31NO2/c1-7-8-22(26)24-18-11-15(2)19(16(3)12-18)13-17-9-10-21(25)20(14-17)23(4,5)6/h9-12,14,25H,7-8,13H2,1-6H3,(H,24,26). The van der Waals surface area contributed by atoms with E-state index in [-0.39, 0.29) is 11.3 Å². The molecule has 3 heteroatoms. The van der Waals surface area contributed by atoms with Crippen LogP contribution in [0.1, 0.15) is 68.4 Å². The zero-order chi connectivity index (χ0) is 19.5. The highest BCUT2D eigenvalue weighted by molar-refractivity contribution is 5.90. The molecule has 0 atom stereocenters.